The van der Waals surface area contributed by atoms with Crippen molar-refractivity contribution in [3.8, 4) is 5.75 Å². The minimum absolute atomic E-state index is 0.0472. The van der Waals surface area contributed by atoms with Crippen LogP contribution in [0.2, 0.25) is 0 Å². The number of fused-ring (bicyclic) bond motifs is 1. The van der Waals surface area contributed by atoms with Gasteiger partial charge in [0, 0.05) is 17.9 Å². The standard InChI is InChI=1S/C18H21NO4/c1-10(20)17-16(12-6-5-7-13(8-12)22-4)15-11(2)23-19-14(15)9-18(17,3)21/h5-8,16-17,21H,9H2,1-4H3. The number of carbonyl (C=O) groups is 1. The Bertz CT molecular complexity index is 747. The van der Waals surface area contributed by atoms with Crippen LogP contribution in [0.15, 0.2) is 28.8 Å². The van der Waals surface area contributed by atoms with Crippen LogP contribution in [0.4, 0.5) is 0 Å². The van der Waals surface area contributed by atoms with Crippen molar-refractivity contribution in [2.24, 2.45) is 5.92 Å². The quantitative estimate of drug-likeness (QED) is 0.942. The fourth-order valence-electron chi connectivity index (χ4n) is 3.79. The van der Waals surface area contributed by atoms with Crippen LogP contribution in [0, 0.1) is 12.8 Å². The van der Waals surface area contributed by atoms with E-state index in [1.165, 1.54) is 6.92 Å². The number of aliphatic hydroxyl groups is 1. The molecule has 0 saturated heterocycles. The van der Waals surface area contributed by atoms with Gasteiger partial charge in [0.1, 0.15) is 17.3 Å². The maximum atomic E-state index is 12.4. The molecule has 5 heteroatoms. The zero-order valence-electron chi connectivity index (χ0n) is 13.8. The predicted octanol–water partition coefficient (Wildman–Crippen LogP) is 2.64. The summed E-state index contributed by atoms with van der Waals surface area (Å²) in [5.74, 6) is 0.502. The van der Waals surface area contributed by atoms with Crippen LogP contribution >= 0.6 is 0 Å². The molecule has 1 aliphatic carbocycles. The molecule has 0 radical (unpaired) electrons. The first-order valence-corrected chi connectivity index (χ1v) is 7.67. The Labute approximate surface area is 135 Å². The van der Waals surface area contributed by atoms with E-state index in [4.69, 9.17) is 9.26 Å². The number of methoxy groups -OCH3 is 1. The predicted molar refractivity (Wildman–Crippen MR) is 84.6 cm³/mol. The van der Waals surface area contributed by atoms with Gasteiger partial charge in [-0.25, -0.2) is 0 Å². The number of carbonyl (C=O) groups excluding carboxylic acids is 1. The highest BCUT2D eigenvalue weighted by Gasteiger charge is 2.49. The summed E-state index contributed by atoms with van der Waals surface area (Å²) in [4.78, 5) is 12.4. The van der Waals surface area contributed by atoms with Crippen LogP contribution in [-0.2, 0) is 11.2 Å². The molecule has 1 heterocycles. The van der Waals surface area contributed by atoms with Crippen LogP contribution in [0.3, 0.4) is 0 Å². The first-order chi connectivity index (χ1) is 10.8. The first-order valence-electron chi connectivity index (χ1n) is 7.67. The van der Waals surface area contributed by atoms with Gasteiger partial charge in [0.15, 0.2) is 0 Å². The Morgan fingerprint density at radius 2 is 2.22 bits per heavy atom. The second kappa shape index (κ2) is 5.49. The van der Waals surface area contributed by atoms with Crippen molar-refractivity contribution in [2.45, 2.75) is 38.7 Å². The van der Waals surface area contributed by atoms with Gasteiger partial charge >= 0.3 is 0 Å². The maximum Gasteiger partial charge on any atom is 0.137 e. The van der Waals surface area contributed by atoms with Gasteiger partial charge in [0.25, 0.3) is 0 Å². The molecule has 0 bridgehead atoms. The number of aryl methyl sites for hydroxylation is 1. The number of benzene rings is 1. The number of hydrogen-bond donors (Lipinski definition) is 1. The zero-order chi connectivity index (χ0) is 16.8. The number of ether oxygens (including phenoxy) is 1. The molecule has 1 N–H and O–H groups in total. The molecular formula is C18H21NO4. The fourth-order valence-corrected chi connectivity index (χ4v) is 3.79. The third-order valence-corrected chi connectivity index (χ3v) is 4.71. The zero-order valence-corrected chi connectivity index (χ0v) is 13.8. The summed E-state index contributed by atoms with van der Waals surface area (Å²) < 4.78 is 10.7. The number of hydrogen-bond acceptors (Lipinski definition) is 5. The van der Waals surface area contributed by atoms with Crippen LogP contribution < -0.4 is 4.74 Å². The summed E-state index contributed by atoms with van der Waals surface area (Å²) in [7, 11) is 1.61. The van der Waals surface area contributed by atoms with E-state index >= 15 is 0 Å². The fraction of sp³-hybridized carbons (Fsp3) is 0.444. The van der Waals surface area contributed by atoms with E-state index in [-0.39, 0.29) is 11.7 Å². The lowest BCUT2D eigenvalue weighted by Crippen LogP contribution is -2.48. The maximum absolute atomic E-state index is 12.4. The van der Waals surface area contributed by atoms with E-state index in [0.717, 1.165) is 16.8 Å². The minimum Gasteiger partial charge on any atom is -0.497 e. The lowest BCUT2D eigenvalue weighted by molar-refractivity contribution is -0.130. The number of nitrogens with zero attached hydrogens (tertiary/aromatic N) is 1. The molecule has 2 aromatic rings. The Morgan fingerprint density at radius 1 is 1.48 bits per heavy atom. The average Bonchev–Trinajstić information content (AvgIpc) is 2.85. The Morgan fingerprint density at radius 3 is 2.87 bits per heavy atom. The molecule has 3 rings (SSSR count). The lowest BCUT2D eigenvalue weighted by atomic mass is 9.64. The highest BCUT2D eigenvalue weighted by atomic mass is 16.5. The molecule has 3 unspecified atom stereocenters. The summed E-state index contributed by atoms with van der Waals surface area (Å²) in [5.41, 5.74) is 1.37. The van der Waals surface area contributed by atoms with Gasteiger partial charge in [-0.15, -0.1) is 0 Å². The molecule has 0 spiro atoms. The molecular weight excluding hydrogens is 294 g/mol. The van der Waals surface area contributed by atoms with Gasteiger partial charge in [-0.2, -0.15) is 0 Å². The highest BCUT2D eigenvalue weighted by Crippen LogP contribution is 2.47. The molecule has 0 amide bonds. The summed E-state index contributed by atoms with van der Waals surface area (Å²) in [6, 6.07) is 7.59. The topological polar surface area (TPSA) is 72.6 Å². The van der Waals surface area contributed by atoms with Gasteiger partial charge in [-0.3, -0.25) is 4.79 Å². The van der Waals surface area contributed by atoms with Crippen molar-refractivity contribution in [2.75, 3.05) is 7.11 Å². The minimum atomic E-state index is -1.17. The number of aromatic nitrogens is 1. The molecule has 0 fully saturated rings. The van der Waals surface area contributed by atoms with Crippen LogP contribution in [0.5, 0.6) is 5.75 Å². The van der Waals surface area contributed by atoms with E-state index < -0.39 is 11.5 Å². The van der Waals surface area contributed by atoms with Crippen LogP contribution in [0.1, 0.15) is 42.3 Å². The van der Waals surface area contributed by atoms with Gasteiger partial charge in [0.2, 0.25) is 0 Å². The molecule has 0 saturated carbocycles. The summed E-state index contributed by atoms with van der Waals surface area (Å²) in [5, 5.41) is 15.0. The second-order valence-electron chi connectivity index (χ2n) is 6.48. The molecule has 3 atom stereocenters. The summed E-state index contributed by atoms with van der Waals surface area (Å²) >= 11 is 0. The summed E-state index contributed by atoms with van der Waals surface area (Å²) in [6.07, 6.45) is 0.310. The Kier molecular flexibility index (Phi) is 3.76. The molecule has 23 heavy (non-hydrogen) atoms. The van der Waals surface area contributed by atoms with Crippen molar-refractivity contribution in [1.29, 1.82) is 0 Å². The van der Waals surface area contributed by atoms with E-state index in [1.54, 1.807) is 14.0 Å². The highest BCUT2D eigenvalue weighted by molar-refractivity contribution is 5.82. The van der Waals surface area contributed by atoms with Crippen molar-refractivity contribution in [3.05, 3.63) is 46.8 Å². The monoisotopic (exact) mass is 315 g/mol. The van der Waals surface area contributed by atoms with Gasteiger partial charge < -0.3 is 14.4 Å². The SMILES string of the molecule is COc1cccc(C2c3c(noc3C)CC(C)(O)C2C(C)=O)c1. The number of Topliss-reactive ketones (excluding diaryl/α,β-unsaturated/α-hetero) is 1. The smallest absolute Gasteiger partial charge is 0.137 e. The third-order valence-electron chi connectivity index (χ3n) is 4.71. The second-order valence-corrected chi connectivity index (χ2v) is 6.48. The van der Waals surface area contributed by atoms with Crippen molar-refractivity contribution in [3.63, 3.8) is 0 Å². The van der Waals surface area contributed by atoms with Crippen LogP contribution in [-0.4, -0.2) is 28.8 Å². The summed E-state index contributed by atoms with van der Waals surface area (Å²) in [6.45, 7) is 5.07. The molecule has 1 aliphatic rings. The van der Waals surface area contributed by atoms with E-state index in [9.17, 15) is 9.90 Å². The van der Waals surface area contributed by atoms with Crippen molar-refractivity contribution < 1.29 is 19.2 Å². The first kappa shape index (κ1) is 15.7. The van der Waals surface area contributed by atoms with Gasteiger partial charge in [-0.05, 0) is 38.5 Å². The molecule has 122 valence electrons. The third kappa shape index (κ3) is 2.55. The molecule has 1 aromatic heterocycles. The Balaban J connectivity index is 2.23. The molecule has 5 nitrogen and oxygen atoms in total. The van der Waals surface area contributed by atoms with Gasteiger partial charge in [0.05, 0.1) is 24.3 Å². The molecule has 0 aliphatic heterocycles. The molecule has 1 aromatic carbocycles. The lowest BCUT2D eigenvalue weighted by Gasteiger charge is -2.40. The van der Waals surface area contributed by atoms with E-state index in [0.29, 0.717) is 17.9 Å². The largest absolute Gasteiger partial charge is 0.497 e. The van der Waals surface area contributed by atoms with Crippen LogP contribution in [0.25, 0.3) is 0 Å². The number of ketones is 1. The average molecular weight is 315 g/mol. The van der Waals surface area contributed by atoms with E-state index in [1.807, 2.05) is 31.2 Å². The van der Waals surface area contributed by atoms with Gasteiger partial charge in [-0.1, -0.05) is 17.3 Å². The van der Waals surface area contributed by atoms with E-state index in [2.05, 4.69) is 5.16 Å². The number of rotatable bonds is 3. The van der Waals surface area contributed by atoms with Crippen molar-refractivity contribution >= 4 is 5.78 Å². The Hall–Kier alpha value is -2.14. The normalized spacial score (nSPS) is 26.7. The van der Waals surface area contributed by atoms with Crippen molar-refractivity contribution in [1.82, 2.24) is 5.16 Å².